The maximum atomic E-state index is 13.5. The molecule has 13 heteroatoms. The van der Waals surface area contributed by atoms with E-state index < -0.39 is 66.0 Å². The third-order valence-corrected chi connectivity index (χ3v) is 6.64. The SMILES string of the molecule is O=C(/C=C/c1ccc(O)cc1)OCC1O[C@@H](Oc2c(-c3ccc(O)cc3)oc3cc(O)cc(O)c3c2=O)C(O)C(O)[C@H]1O. The molecule has 5 rings (SSSR count). The van der Waals surface area contributed by atoms with Crippen molar-refractivity contribution in [2.24, 2.45) is 0 Å². The smallest absolute Gasteiger partial charge is 0.330 e. The zero-order chi connectivity index (χ0) is 30.8. The highest BCUT2D eigenvalue weighted by Crippen LogP contribution is 2.37. The summed E-state index contributed by atoms with van der Waals surface area (Å²) in [6.45, 7) is -0.583. The van der Waals surface area contributed by atoms with E-state index in [1.54, 1.807) is 12.1 Å². The first-order chi connectivity index (χ1) is 20.5. The fraction of sp³-hybridized carbons (Fsp3) is 0.200. The molecule has 1 aromatic heterocycles. The van der Waals surface area contributed by atoms with Crippen LogP contribution in [0.5, 0.6) is 28.7 Å². The van der Waals surface area contributed by atoms with Gasteiger partial charge in [0.1, 0.15) is 65.0 Å². The van der Waals surface area contributed by atoms with Gasteiger partial charge in [-0.15, -0.1) is 0 Å². The number of hydrogen-bond acceptors (Lipinski definition) is 13. The molecule has 1 aliphatic heterocycles. The first kappa shape index (κ1) is 29.4. The molecule has 0 spiro atoms. The van der Waals surface area contributed by atoms with E-state index in [0.29, 0.717) is 5.56 Å². The number of fused-ring (bicyclic) bond motifs is 1. The number of aliphatic hydroxyl groups is 3. The lowest BCUT2D eigenvalue weighted by molar-refractivity contribution is -0.278. The second-order valence-electron chi connectivity index (χ2n) is 9.66. The van der Waals surface area contributed by atoms with E-state index in [-0.39, 0.29) is 33.8 Å². The van der Waals surface area contributed by atoms with Gasteiger partial charge in [0.25, 0.3) is 0 Å². The molecule has 0 bridgehead atoms. The standard InChI is InChI=1S/C30H26O13/c31-16-6-1-14(2-7-16)3-10-22(35)40-13-21-24(36)26(38)27(39)30(42-21)43-29-25(37)23-19(34)11-18(33)12-20(23)41-28(29)15-4-8-17(32)9-5-15/h1-12,21,24,26-27,30-34,36,38-39H,13H2/b10-3+/t21?,24-,26?,27?,30-/m0/s1. The summed E-state index contributed by atoms with van der Waals surface area (Å²) in [5.41, 5.74) is -0.328. The van der Waals surface area contributed by atoms with E-state index in [0.717, 1.165) is 18.2 Å². The average Bonchev–Trinajstić information content (AvgIpc) is 2.97. The van der Waals surface area contributed by atoms with E-state index in [1.165, 1.54) is 42.5 Å². The van der Waals surface area contributed by atoms with E-state index in [1.807, 2.05) is 0 Å². The van der Waals surface area contributed by atoms with Gasteiger partial charge in [0.2, 0.25) is 17.5 Å². The number of aliphatic hydroxyl groups excluding tert-OH is 3. The molecule has 7 N–H and O–H groups in total. The second-order valence-corrected chi connectivity index (χ2v) is 9.66. The van der Waals surface area contributed by atoms with Crippen molar-refractivity contribution in [3.63, 3.8) is 0 Å². The molecule has 4 aromatic rings. The lowest BCUT2D eigenvalue weighted by Gasteiger charge is -2.39. The zero-order valence-electron chi connectivity index (χ0n) is 22.1. The Hall–Kier alpha value is -5.08. The van der Waals surface area contributed by atoms with Crippen molar-refractivity contribution in [2.45, 2.75) is 30.7 Å². The predicted octanol–water partition coefficient (Wildman–Crippen LogP) is 1.73. The highest BCUT2D eigenvalue weighted by atomic mass is 16.7. The molecule has 5 atom stereocenters. The first-order valence-corrected chi connectivity index (χ1v) is 12.8. The van der Waals surface area contributed by atoms with Crippen LogP contribution in [-0.4, -0.2) is 79.0 Å². The van der Waals surface area contributed by atoms with Gasteiger partial charge in [-0.1, -0.05) is 12.1 Å². The molecule has 43 heavy (non-hydrogen) atoms. The highest BCUT2D eigenvalue weighted by molar-refractivity contribution is 5.88. The van der Waals surface area contributed by atoms with Gasteiger partial charge >= 0.3 is 5.97 Å². The molecule has 3 unspecified atom stereocenters. The van der Waals surface area contributed by atoms with Crippen molar-refractivity contribution < 1.29 is 59.2 Å². The van der Waals surface area contributed by atoms with Crippen molar-refractivity contribution in [1.82, 2.24) is 0 Å². The highest BCUT2D eigenvalue weighted by Gasteiger charge is 2.46. The Kier molecular flexibility index (Phi) is 8.23. The van der Waals surface area contributed by atoms with Gasteiger partial charge < -0.3 is 54.4 Å². The number of ether oxygens (including phenoxy) is 3. The topological polar surface area (TPSA) is 217 Å². The third-order valence-electron chi connectivity index (χ3n) is 6.64. The Balaban J connectivity index is 1.42. The van der Waals surface area contributed by atoms with Crippen molar-refractivity contribution in [3.05, 3.63) is 82.5 Å². The summed E-state index contributed by atoms with van der Waals surface area (Å²) in [5, 5.41) is 70.6. The van der Waals surface area contributed by atoms with Crippen LogP contribution in [0.3, 0.4) is 0 Å². The third kappa shape index (κ3) is 6.24. The summed E-state index contributed by atoms with van der Waals surface area (Å²) < 4.78 is 22.2. The van der Waals surface area contributed by atoms with Crippen LogP contribution < -0.4 is 10.2 Å². The van der Waals surface area contributed by atoms with Gasteiger partial charge in [-0.25, -0.2) is 4.79 Å². The molecule has 2 heterocycles. The number of carbonyl (C=O) groups is 1. The molecule has 1 saturated heterocycles. The van der Waals surface area contributed by atoms with Crippen LogP contribution in [-0.2, 0) is 14.3 Å². The van der Waals surface area contributed by atoms with E-state index in [2.05, 4.69) is 0 Å². The summed E-state index contributed by atoms with van der Waals surface area (Å²) in [6.07, 6.45) is -6.17. The Labute approximate surface area is 242 Å². The second kappa shape index (κ2) is 12.0. The average molecular weight is 595 g/mol. The monoisotopic (exact) mass is 594 g/mol. The summed E-state index contributed by atoms with van der Waals surface area (Å²) in [5.74, 6) is -2.70. The Morgan fingerprint density at radius 1 is 0.837 bits per heavy atom. The van der Waals surface area contributed by atoms with Gasteiger partial charge in [0, 0.05) is 23.8 Å². The van der Waals surface area contributed by atoms with Crippen LogP contribution >= 0.6 is 0 Å². The molecule has 3 aromatic carbocycles. The quantitative estimate of drug-likeness (QED) is 0.120. The van der Waals surface area contributed by atoms with Crippen molar-refractivity contribution in [3.8, 4) is 40.1 Å². The van der Waals surface area contributed by atoms with Crippen LogP contribution in [0.15, 0.2) is 76.0 Å². The fourth-order valence-corrected chi connectivity index (χ4v) is 4.41. The molecule has 1 fully saturated rings. The number of rotatable bonds is 7. The van der Waals surface area contributed by atoms with Crippen LogP contribution in [0.4, 0.5) is 0 Å². The van der Waals surface area contributed by atoms with E-state index >= 15 is 0 Å². The fourth-order valence-electron chi connectivity index (χ4n) is 4.41. The minimum Gasteiger partial charge on any atom is -0.508 e. The predicted molar refractivity (Wildman–Crippen MR) is 148 cm³/mol. The maximum Gasteiger partial charge on any atom is 0.330 e. The Morgan fingerprint density at radius 3 is 2.16 bits per heavy atom. The largest absolute Gasteiger partial charge is 0.508 e. The van der Waals surface area contributed by atoms with Gasteiger partial charge in [0.15, 0.2) is 5.76 Å². The van der Waals surface area contributed by atoms with Crippen molar-refractivity contribution in [2.75, 3.05) is 6.61 Å². The minimum atomic E-state index is -1.90. The van der Waals surface area contributed by atoms with Crippen molar-refractivity contribution in [1.29, 1.82) is 0 Å². The summed E-state index contributed by atoms with van der Waals surface area (Å²) in [6, 6.07) is 13.4. The first-order valence-electron chi connectivity index (χ1n) is 12.8. The summed E-state index contributed by atoms with van der Waals surface area (Å²) >= 11 is 0. The molecule has 0 radical (unpaired) electrons. The summed E-state index contributed by atoms with van der Waals surface area (Å²) in [7, 11) is 0. The van der Waals surface area contributed by atoms with Crippen molar-refractivity contribution >= 4 is 23.0 Å². The van der Waals surface area contributed by atoms with Crippen LogP contribution in [0.1, 0.15) is 5.56 Å². The van der Waals surface area contributed by atoms with E-state index in [9.17, 15) is 45.3 Å². The lowest BCUT2D eigenvalue weighted by Crippen LogP contribution is -2.60. The van der Waals surface area contributed by atoms with Crippen LogP contribution in [0, 0.1) is 0 Å². The molecule has 224 valence electrons. The van der Waals surface area contributed by atoms with Gasteiger partial charge in [0.05, 0.1) is 0 Å². The number of phenolic OH excluding ortho intramolecular Hbond substituents is 4. The number of esters is 1. The molecule has 0 aliphatic carbocycles. The number of aromatic hydroxyl groups is 4. The Morgan fingerprint density at radius 2 is 1.49 bits per heavy atom. The number of benzene rings is 3. The number of carbonyl (C=O) groups excluding carboxylic acids is 1. The molecule has 1 aliphatic rings. The van der Waals surface area contributed by atoms with Crippen LogP contribution in [0.25, 0.3) is 28.4 Å². The number of phenols is 4. The van der Waals surface area contributed by atoms with Gasteiger partial charge in [-0.05, 0) is 48.0 Å². The minimum absolute atomic E-state index is 0.0495. The maximum absolute atomic E-state index is 13.5. The molecule has 13 nitrogen and oxygen atoms in total. The zero-order valence-corrected chi connectivity index (χ0v) is 22.1. The number of hydrogen-bond donors (Lipinski definition) is 7. The van der Waals surface area contributed by atoms with E-state index in [4.69, 9.17) is 18.6 Å². The molecule has 0 amide bonds. The Bertz CT molecular complexity index is 1710. The lowest BCUT2D eigenvalue weighted by atomic mass is 9.99. The molecular weight excluding hydrogens is 568 g/mol. The van der Waals surface area contributed by atoms with Gasteiger partial charge in [-0.3, -0.25) is 4.79 Å². The normalized spacial score (nSPS) is 22.1. The van der Waals surface area contributed by atoms with Crippen LogP contribution in [0.2, 0.25) is 0 Å². The van der Waals surface area contributed by atoms with Gasteiger partial charge in [-0.2, -0.15) is 0 Å². The molecular formula is C30H26O13. The molecule has 0 saturated carbocycles. The summed E-state index contributed by atoms with van der Waals surface area (Å²) in [4.78, 5) is 25.8.